The van der Waals surface area contributed by atoms with Gasteiger partial charge in [-0.05, 0) is 47.5 Å². The van der Waals surface area contributed by atoms with Crippen LogP contribution in [0.3, 0.4) is 0 Å². The highest BCUT2D eigenvalue weighted by molar-refractivity contribution is 6.03. The van der Waals surface area contributed by atoms with Crippen molar-refractivity contribution in [1.29, 1.82) is 0 Å². The number of aromatic hydroxyl groups is 1. The van der Waals surface area contributed by atoms with Crippen molar-refractivity contribution in [3.8, 4) is 34.5 Å². The second-order valence-corrected chi connectivity index (χ2v) is 7.48. The maximum absolute atomic E-state index is 12.6. The molecule has 36 heavy (non-hydrogen) atoms. The predicted octanol–water partition coefficient (Wildman–Crippen LogP) is 5.26. The molecule has 3 aromatic carbocycles. The molecule has 0 saturated carbocycles. The summed E-state index contributed by atoms with van der Waals surface area (Å²) in [6.45, 7) is 0. The van der Waals surface area contributed by atoms with Crippen LogP contribution in [0.4, 0.5) is 5.69 Å². The van der Waals surface area contributed by atoms with E-state index in [1.165, 1.54) is 26.4 Å². The third-order valence-corrected chi connectivity index (χ3v) is 5.26. The minimum absolute atomic E-state index is 0.117. The maximum Gasteiger partial charge on any atom is 0.248 e. The smallest absolute Gasteiger partial charge is 0.248 e. The van der Waals surface area contributed by atoms with Gasteiger partial charge in [0.25, 0.3) is 0 Å². The first-order valence-corrected chi connectivity index (χ1v) is 10.9. The number of para-hydroxylation sites is 1. The summed E-state index contributed by atoms with van der Waals surface area (Å²) in [7, 11) is 7.61. The Morgan fingerprint density at radius 3 is 1.89 bits per heavy atom. The Labute approximate surface area is 210 Å². The fourth-order valence-electron chi connectivity index (χ4n) is 3.57. The molecule has 0 saturated heterocycles. The number of phenols is 1. The summed E-state index contributed by atoms with van der Waals surface area (Å²) in [5.74, 6) is 1.81. The Hall–Kier alpha value is -4.59. The molecule has 8 nitrogen and oxygen atoms in total. The van der Waals surface area contributed by atoms with Gasteiger partial charge in [-0.1, -0.05) is 30.4 Å². The molecule has 0 fully saturated rings. The van der Waals surface area contributed by atoms with Crippen LogP contribution < -0.4 is 29.0 Å². The fraction of sp³-hybridized carbons (Fsp3) is 0.179. The molecule has 0 atom stereocenters. The third kappa shape index (κ3) is 6.09. The highest BCUT2D eigenvalue weighted by atomic mass is 16.5. The largest absolute Gasteiger partial charge is 0.504 e. The Kier molecular flexibility index (Phi) is 8.83. The second kappa shape index (κ2) is 12.2. The van der Waals surface area contributed by atoms with E-state index >= 15 is 0 Å². The van der Waals surface area contributed by atoms with Crippen LogP contribution in [0.2, 0.25) is 0 Å². The molecule has 2 N–H and O–H groups in total. The lowest BCUT2D eigenvalue weighted by atomic mass is 10.1. The van der Waals surface area contributed by atoms with E-state index in [-0.39, 0.29) is 11.5 Å². The van der Waals surface area contributed by atoms with Gasteiger partial charge in [0.15, 0.2) is 23.0 Å². The number of nitrogens with one attached hydrogen (secondary N) is 1. The summed E-state index contributed by atoms with van der Waals surface area (Å²) < 4.78 is 26.8. The molecular formula is C28H29NO7. The minimum atomic E-state index is -0.399. The molecule has 0 aliphatic heterocycles. The van der Waals surface area contributed by atoms with Crippen LogP contribution in [0.15, 0.2) is 54.6 Å². The molecule has 0 heterocycles. The van der Waals surface area contributed by atoms with Crippen molar-refractivity contribution in [2.45, 2.75) is 0 Å². The molecule has 1 amide bonds. The molecule has 3 aromatic rings. The predicted molar refractivity (Wildman–Crippen MR) is 140 cm³/mol. The second-order valence-electron chi connectivity index (χ2n) is 7.48. The lowest BCUT2D eigenvalue weighted by Crippen LogP contribution is -2.09. The fourth-order valence-corrected chi connectivity index (χ4v) is 3.57. The van der Waals surface area contributed by atoms with Gasteiger partial charge in [0.1, 0.15) is 5.75 Å². The molecule has 8 heteroatoms. The van der Waals surface area contributed by atoms with Gasteiger partial charge in [0, 0.05) is 11.6 Å². The Bertz CT molecular complexity index is 1260. The monoisotopic (exact) mass is 491 g/mol. The summed E-state index contributed by atoms with van der Waals surface area (Å²) >= 11 is 0. The number of anilines is 1. The molecule has 188 valence electrons. The van der Waals surface area contributed by atoms with Crippen LogP contribution in [0.25, 0.3) is 18.2 Å². The SMILES string of the molecule is COc1ccccc1/C=C/C(=O)Nc1cc(/C=C/c2cc(OC)c(OC)c(OC)c2)cc(O)c1OC. The zero-order valence-corrected chi connectivity index (χ0v) is 20.8. The van der Waals surface area contributed by atoms with E-state index < -0.39 is 5.91 Å². The van der Waals surface area contributed by atoms with Crippen LogP contribution >= 0.6 is 0 Å². The van der Waals surface area contributed by atoms with Gasteiger partial charge in [0.2, 0.25) is 11.7 Å². The van der Waals surface area contributed by atoms with E-state index in [4.69, 9.17) is 23.7 Å². The van der Waals surface area contributed by atoms with Crippen LogP contribution in [0, 0.1) is 0 Å². The van der Waals surface area contributed by atoms with Crippen LogP contribution in [-0.4, -0.2) is 46.6 Å². The molecule has 0 spiro atoms. The average molecular weight is 492 g/mol. The molecule has 0 aliphatic carbocycles. The van der Waals surface area contributed by atoms with E-state index in [9.17, 15) is 9.90 Å². The molecule has 0 radical (unpaired) electrons. The molecule has 0 aromatic heterocycles. The van der Waals surface area contributed by atoms with Crippen LogP contribution in [-0.2, 0) is 4.79 Å². The Morgan fingerprint density at radius 2 is 1.31 bits per heavy atom. The molecule has 0 unspecified atom stereocenters. The number of hydrogen-bond donors (Lipinski definition) is 2. The van der Waals surface area contributed by atoms with E-state index in [1.54, 1.807) is 51.7 Å². The number of amides is 1. The van der Waals surface area contributed by atoms with Crippen molar-refractivity contribution in [2.75, 3.05) is 40.9 Å². The van der Waals surface area contributed by atoms with E-state index in [0.29, 0.717) is 34.2 Å². The van der Waals surface area contributed by atoms with Gasteiger partial charge in [-0.3, -0.25) is 4.79 Å². The lowest BCUT2D eigenvalue weighted by Gasteiger charge is -2.13. The molecule has 0 aliphatic rings. The summed E-state index contributed by atoms with van der Waals surface area (Å²) in [6, 6.07) is 14.2. The van der Waals surface area contributed by atoms with Gasteiger partial charge in [-0.25, -0.2) is 0 Å². The van der Waals surface area contributed by atoms with Crippen molar-refractivity contribution in [3.05, 3.63) is 71.3 Å². The molecular weight excluding hydrogens is 462 g/mol. The standard InChI is InChI=1S/C28H29NO7/c1-32-23-9-7-6-8-20(23)12-13-26(31)29-21-14-18(15-22(30)27(21)35-4)10-11-19-16-24(33-2)28(36-5)25(17-19)34-3/h6-17,30H,1-5H3,(H,29,31)/b11-10+,13-12+. The number of carbonyl (C=O) groups is 1. The zero-order chi connectivity index (χ0) is 26.1. The van der Waals surface area contributed by atoms with Crippen LogP contribution in [0.1, 0.15) is 16.7 Å². The quantitative estimate of drug-likeness (QED) is 0.295. The van der Waals surface area contributed by atoms with E-state index in [0.717, 1.165) is 11.1 Å². The number of ether oxygens (including phenoxy) is 5. The van der Waals surface area contributed by atoms with Crippen molar-refractivity contribution in [1.82, 2.24) is 0 Å². The molecule has 3 rings (SSSR count). The number of benzene rings is 3. The van der Waals surface area contributed by atoms with Crippen LogP contribution in [0.5, 0.6) is 34.5 Å². The first-order chi connectivity index (χ1) is 17.4. The van der Waals surface area contributed by atoms with Crippen molar-refractivity contribution in [2.24, 2.45) is 0 Å². The highest BCUT2D eigenvalue weighted by Gasteiger charge is 2.14. The first-order valence-electron chi connectivity index (χ1n) is 10.9. The highest BCUT2D eigenvalue weighted by Crippen LogP contribution is 2.39. The number of phenolic OH excluding ortho intramolecular Hbond substituents is 1. The van der Waals surface area contributed by atoms with Gasteiger partial charge < -0.3 is 34.1 Å². The zero-order valence-electron chi connectivity index (χ0n) is 20.8. The van der Waals surface area contributed by atoms with Crippen molar-refractivity contribution < 1.29 is 33.6 Å². The summed E-state index contributed by atoms with van der Waals surface area (Å²) in [5.41, 5.74) is 2.49. The van der Waals surface area contributed by atoms with Gasteiger partial charge in [0.05, 0.1) is 41.2 Å². The van der Waals surface area contributed by atoms with Gasteiger partial charge >= 0.3 is 0 Å². The number of methoxy groups -OCH3 is 5. The van der Waals surface area contributed by atoms with Crippen molar-refractivity contribution >= 4 is 29.8 Å². The topological polar surface area (TPSA) is 95.5 Å². The maximum atomic E-state index is 12.6. The number of rotatable bonds is 10. The number of carbonyl (C=O) groups excluding carboxylic acids is 1. The minimum Gasteiger partial charge on any atom is -0.504 e. The lowest BCUT2D eigenvalue weighted by molar-refractivity contribution is -0.111. The first kappa shape index (κ1) is 26.0. The normalized spacial score (nSPS) is 10.9. The Morgan fingerprint density at radius 1 is 0.722 bits per heavy atom. The van der Waals surface area contributed by atoms with Gasteiger partial charge in [-0.2, -0.15) is 0 Å². The Balaban J connectivity index is 1.87. The van der Waals surface area contributed by atoms with Gasteiger partial charge in [-0.15, -0.1) is 0 Å². The summed E-state index contributed by atoms with van der Waals surface area (Å²) in [6.07, 6.45) is 6.63. The third-order valence-electron chi connectivity index (χ3n) is 5.26. The van der Waals surface area contributed by atoms with E-state index in [1.807, 2.05) is 30.3 Å². The van der Waals surface area contributed by atoms with Crippen molar-refractivity contribution in [3.63, 3.8) is 0 Å². The van der Waals surface area contributed by atoms with E-state index in [2.05, 4.69) is 5.32 Å². The average Bonchev–Trinajstić information content (AvgIpc) is 2.90. The summed E-state index contributed by atoms with van der Waals surface area (Å²) in [4.78, 5) is 12.6. The number of hydrogen-bond acceptors (Lipinski definition) is 7. The molecule has 0 bridgehead atoms. The summed E-state index contributed by atoms with van der Waals surface area (Å²) in [5, 5.41) is 13.2.